The van der Waals surface area contributed by atoms with E-state index in [1.165, 1.54) is 11.0 Å². The highest BCUT2D eigenvalue weighted by Crippen LogP contribution is 2.31. The molecule has 1 N–H and O–H groups in total. The van der Waals surface area contributed by atoms with Crippen LogP contribution in [0.25, 0.3) is 0 Å². The van der Waals surface area contributed by atoms with Gasteiger partial charge < -0.3 is 5.32 Å². The number of piperazine rings is 1. The van der Waals surface area contributed by atoms with Crippen LogP contribution in [0.5, 0.6) is 0 Å². The van der Waals surface area contributed by atoms with Crippen molar-refractivity contribution in [3.05, 3.63) is 35.4 Å². The Balaban J connectivity index is 2.34. The molecule has 18 heavy (non-hydrogen) atoms. The van der Waals surface area contributed by atoms with Gasteiger partial charge in [0.25, 0.3) is 6.43 Å². The highest BCUT2D eigenvalue weighted by Gasteiger charge is 2.34. The van der Waals surface area contributed by atoms with E-state index in [1.54, 1.807) is 0 Å². The molecule has 0 saturated carbocycles. The lowest BCUT2D eigenvalue weighted by molar-refractivity contribution is 0.0145. The fraction of sp³-hybridized carbons (Fsp3) is 0.500. The first kappa shape index (κ1) is 13.3. The van der Waals surface area contributed by atoms with E-state index in [9.17, 15) is 17.6 Å². The highest BCUT2D eigenvalue weighted by atomic mass is 19.3. The molecule has 1 saturated heterocycles. The van der Waals surface area contributed by atoms with Gasteiger partial charge in [-0.1, -0.05) is 6.07 Å². The van der Waals surface area contributed by atoms with Crippen LogP contribution < -0.4 is 5.32 Å². The van der Waals surface area contributed by atoms with Crippen molar-refractivity contribution in [1.29, 1.82) is 0 Å². The highest BCUT2D eigenvalue weighted by molar-refractivity contribution is 5.24. The molecular weight excluding hydrogens is 248 g/mol. The Hall–Kier alpha value is -1.14. The molecule has 1 aromatic carbocycles. The van der Waals surface area contributed by atoms with Crippen molar-refractivity contribution in [3.8, 4) is 0 Å². The summed E-state index contributed by atoms with van der Waals surface area (Å²) in [5, 5.41) is 3.02. The van der Waals surface area contributed by atoms with Gasteiger partial charge in [0.1, 0.15) is 17.7 Å². The summed E-state index contributed by atoms with van der Waals surface area (Å²) in [6.45, 7) is 1.78. The van der Waals surface area contributed by atoms with Gasteiger partial charge in [-0.3, -0.25) is 4.90 Å². The largest absolute Gasteiger partial charge is 0.314 e. The van der Waals surface area contributed by atoms with Crippen molar-refractivity contribution in [1.82, 2.24) is 10.2 Å². The predicted molar refractivity (Wildman–Crippen MR) is 59.5 cm³/mol. The summed E-state index contributed by atoms with van der Waals surface area (Å²) in [5.41, 5.74) is -0.533. The predicted octanol–water partition coefficient (Wildman–Crippen LogP) is 2.18. The second-order valence-electron chi connectivity index (χ2n) is 4.20. The topological polar surface area (TPSA) is 15.3 Å². The molecule has 1 fully saturated rings. The van der Waals surface area contributed by atoms with Crippen molar-refractivity contribution < 1.29 is 17.6 Å². The smallest absolute Gasteiger partial charge is 0.258 e. The lowest BCUT2D eigenvalue weighted by atomic mass is 10.0. The first-order chi connectivity index (χ1) is 8.61. The Morgan fingerprint density at radius 1 is 1.06 bits per heavy atom. The van der Waals surface area contributed by atoms with Gasteiger partial charge in [-0.25, -0.2) is 17.6 Å². The number of nitrogens with zero attached hydrogens (tertiary/aromatic N) is 1. The molecule has 0 bridgehead atoms. The van der Waals surface area contributed by atoms with E-state index in [0.29, 0.717) is 26.2 Å². The number of rotatable bonds is 3. The molecule has 1 aromatic rings. The molecule has 2 rings (SSSR count). The van der Waals surface area contributed by atoms with Gasteiger partial charge in [-0.15, -0.1) is 0 Å². The SMILES string of the molecule is Fc1cccc(F)c1[C@@H](C(F)F)N1CCNCC1. The molecule has 2 nitrogen and oxygen atoms in total. The molecule has 0 radical (unpaired) electrons. The first-order valence-electron chi connectivity index (χ1n) is 5.78. The zero-order chi connectivity index (χ0) is 13.1. The molecule has 1 heterocycles. The van der Waals surface area contributed by atoms with E-state index in [-0.39, 0.29) is 0 Å². The molecule has 0 spiro atoms. The van der Waals surface area contributed by atoms with Gasteiger partial charge in [-0.2, -0.15) is 0 Å². The molecule has 0 aliphatic carbocycles. The van der Waals surface area contributed by atoms with Gasteiger partial charge in [0.05, 0.1) is 0 Å². The maximum absolute atomic E-state index is 13.6. The number of benzene rings is 1. The number of alkyl halides is 2. The van der Waals surface area contributed by atoms with Crippen LogP contribution in [0.3, 0.4) is 0 Å². The maximum atomic E-state index is 13.6. The number of nitrogens with one attached hydrogen (secondary N) is 1. The Kier molecular flexibility index (Phi) is 4.19. The van der Waals surface area contributed by atoms with Crippen LogP contribution >= 0.6 is 0 Å². The molecule has 1 aliphatic rings. The second kappa shape index (κ2) is 5.67. The average Bonchev–Trinajstić information content (AvgIpc) is 2.34. The van der Waals surface area contributed by atoms with Gasteiger partial charge in [0.2, 0.25) is 0 Å². The monoisotopic (exact) mass is 262 g/mol. The van der Waals surface area contributed by atoms with Crippen LogP contribution in [0.15, 0.2) is 18.2 Å². The Bertz CT molecular complexity index is 385. The summed E-state index contributed by atoms with van der Waals surface area (Å²) in [5.74, 6) is -1.84. The number of hydrogen-bond acceptors (Lipinski definition) is 2. The minimum Gasteiger partial charge on any atom is -0.314 e. The molecule has 0 amide bonds. The third-order valence-corrected chi connectivity index (χ3v) is 3.08. The van der Waals surface area contributed by atoms with E-state index < -0.39 is 29.7 Å². The van der Waals surface area contributed by atoms with Crippen molar-refractivity contribution in [2.75, 3.05) is 26.2 Å². The van der Waals surface area contributed by atoms with Crippen molar-refractivity contribution in [3.63, 3.8) is 0 Å². The lowest BCUT2D eigenvalue weighted by Gasteiger charge is -2.34. The third kappa shape index (κ3) is 2.64. The fourth-order valence-corrected chi connectivity index (χ4v) is 2.22. The second-order valence-corrected chi connectivity index (χ2v) is 4.20. The van der Waals surface area contributed by atoms with Crippen molar-refractivity contribution >= 4 is 0 Å². The molecule has 1 aliphatic heterocycles. The molecule has 0 aromatic heterocycles. The van der Waals surface area contributed by atoms with E-state index in [0.717, 1.165) is 12.1 Å². The van der Waals surface area contributed by atoms with Crippen molar-refractivity contribution in [2.24, 2.45) is 0 Å². The zero-order valence-electron chi connectivity index (χ0n) is 9.67. The van der Waals surface area contributed by atoms with Crippen LogP contribution in [0.4, 0.5) is 17.6 Å². The van der Waals surface area contributed by atoms with Crippen LogP contribution in [0, 0.1) is 11.6 Å². The van der Waals surface area contributed by atoms with Crippen LogP contribution in [0.2, 0.25) is 0 Å². The van der Waals surface area contributed by atoms with Gasteiger partial charge in [0.15, 0.2) is 0 Å². The summed E-state index contributed by atoms with van der Waals surface area (Å²) in [4.78, 5) is 1.42. The van der Waals surface area contributed by atoms with E-state index >= 15 is 0 Å². The number of halogens is 4. The van der Waals surface area contributed by atoms with Crippen LogP contribution in [-0.2, 0) is 0 Å². The third-order valence-electron chi connectivity index (χ3n) is 3.08. The first-order valence-corrected chi connectivity index (χ1v) is 5.78. The van der Waals surface area contributed by atoms with Gasteiger partial charge >= 0.3 is 0 Å². The summed E-state index contributed by atoms with van der Waals surface area (Å²) >= 11 is 0. The Morgan fingerprint density at radius 3 is 2.11 bits per heavy atom. The summed E-state index contributed by atoms with van der Waals surface area (Å²) < 4.78 is 53.5. The molecule has 6 heteroatoms. The molecule has 100 valence electrons. The quantitative estimate of drug-likeness (QED) is 0.840. The molecule has 0 unspecified atom stereocenters. The van der Waals surface area contributed by atoms with E-state index in [4.69, 9.17) is 0 Å². The standard InChI is InChI=1S/C12H14F4N2/c13-8-2-1-3-9(14)10(8)11(12(15)16)18-6-4-17-5-7-18/h1-3,11-12,17H,4-7H2/t11-/m0/s1. The summed E-state index contributed by atoms with van der Waals surface area (Å²) in [7, 11) is 0. The fourth-order valence-electron chi connectivity index (χ4n) is 2.22. The molecule has 1 atom stereocenters. The maximum Gasteiger partial charge on any atom is 0.258 e. The Morgan fingerprint density at radius 2 is 1.61 bits per heavy atom. The summed E-state index contributed by atoms with van der Waals surface area (Å²) in [6, 6.07) is 1.67. The van der Waals surface area contributed by atoms with E-state index in [1.807, 2.05) is 0 Å². The van der Waals surface area contributed by atoms with Crippen LogP contribution in [-0.4, -0.2) is 37.5 Å². The van der Waals surface area contributed by atoms with E-state index in [2.05, 4.69) is 5.32 Å². The van der Waals surface area contributed by atoms with Crippen LogP contribution in [0.1, 0.15) is 11.6 Å². The zero-order valence-corrected chi connectivity index (χ0v) is 9.67. The molecular formula is C12H14F4N2. The minimum absolute atomic E-state index is 0.350. The minimum atomic E-state index is -2.82. The Labute approximate surface area is 103 Å². The van der Waals surface area contributed by atoms with Crippen molar-refractivity contribution in [2.45, 2.75) is 12.5 Å². The summed E-state index contributed by atoms with van der Waals surface area (Å²) in [6.07, 6.45) is -2.82. The lowest BCUT2D eigenvalue weighted by Crippen LogP contribution is -2.47. The van der Waals surface area contributed by atoms with Gasteiger partial charge in [-0.05, 0) is 12.1 Å². The average molecular weight is 262 g/mol. The number of hydrogen-bond donors (Lipinski definition) is 1. The normalized spacial score (nSPS) is 19.2. The van der Waals surface area contributed by atoms with Gasteiger partial charge in [0, 0.05) is 31.7 Å².